The molecule has 3 atom stereocenters. The van der Waals surface area contributed by atoms with Gasteiger partial charge in [-0.05, 0) is 50.8 Å². The molecule has 0 bridgehead atoms. The number of aromatic nitrogens is 1. The molecule has 2 amide bonds. The zero-order valence-electron chi connectivity index (χ0n) is 27.3. The number of allylic oxidation sites excluding steroid dienone is 1. The number of nitrogens with one attached hydrogen (secondary N) is 1. The number of fused-ring (bicyclic) bond motifs is 1. The maximum Gasteiger partial charge on any atom is 0.220 e. The number of nitrogens with two attached hydrogens (primary N) is 2. The van der Waals surface area contributed by atoms with Crippen LogP contribution in [0, 0.1) is 17.8 Å². The Morgan fingerprint density at radius 1 is 1.14 bits per heavy atom. The number of carbonyl (C=O) groups is 3. The smallest absolute Gasteiger partial charge is 0.220 e. The van der Waals surface area contributed by atoms with Crippen LogP contribution in [0.4, 0.5) is 0 Å². The molecule has 1 aromatic rings. The molecule has 3 rings (SSSR count). The van der Waals surface area contributed by atoms with Gasteiger partial charge in [-0.15, -0.1) is 11.3 Å². The molecule has 0 spiro atoms. The van der Waals surface area contributed by atoms with Crippen LogP contribution in [0.1, 0.15) is 75.9 Å². The van der Waals surface area contributed by atoms with Crippen molar-refractivity contribution in [2.75, 3.05) is 46.8 Å². The lowest BCUT2D eigenvalue weighted by Crippen LogP contribution is -2.45. The lowest BCUT2D eigenvalue weighted by atomic mass is 9.88. The molecule has 0 saturated carbocycles. The Kier molecular flexibility index (Phi) is 20.9. The Labute approximate surface area is 259 Å². The van der Waals surface area contributed by atoms with E-state index in [4.69, 9.17) is 9.78 Å². The fourth-order valence-electron chi connectivity index (χ4n) is 4.63. The number of likely N-dealkylation sites (N-methyl/N-ethyl adjacent to an activating group) is 1. The second-order valence-corrected chi connectivity index (χ2v) is 12.5. The summed E-state index contributed by atoms with van der Waals surface area (Å²) in [6.45, 7) is 22.4. The number of primary amides is 1. The number of carbonyl (C=O) groups excluding carboxylic acids is 3. The van der Waals surface area contributed by atoms with Gasteiger partial charge in [-0.3, -0.25) is 14.5 Å². The number of nitrogens with zero attached hydrogens (tertiary/aromatic N) is 3. The van der Waals surface area contributed by atoms with Crippen molar-refractivity contribution in [3.05, 3.63) is 33.8 Å². The molecule has 1 aliphatic carbocycles. The normalized spacial score (nSPS) is 17.7. The highest BCUT2D eigenvalue weighted by atomic mass is 32.1. The molecule has 1 aliphatic heterocycles. The van der Waals surface area contributed by atoms with Crippen LogP contribution in [0.3, 0.4) is 0 Å². The van der Waals surface area contributed by atoms with Crippen LogP contribution in [0.2, 0.25) is 0 Å². The van der Waals surface area contributed by atoms with Crippen molar-refractivity contribution in [2.45, 2.75) is 79.2 Å². The molecule has 240 valence electrons. The van der Waals surface area contributed by atoms with Crippen LogP contribution >= 0.6 is 11.3 Å². The molecule has 0 aromatic carbocycles. The Hall–Kier alpha value is -2.40. The first-order valence-corrected chi connectivity index (χ1v) is 16.0. The molecule has 2 aliphatic rings. The Balaban J connectivity index is 0.00000166. The van der Waals surface area contributed by atoms with Gasteiger partial charge in [-0.25, -0.2) is 4.98 Å². The molecule has 1 saturated heterocycles. The Bertz CT molecular complexity index is 956. The van der Waals surface area contributed by atoms with Crippen molar-refractivity contribution in [1.29, 1.82) is 0 Å². The van der Waals surface area contributed by atoms with Gasteiger partial charge >= 0.3 is 0 Å². The van der Waals surface area contributed by atoms with Crippen LogP contribution in [-0.2, 0) is 27.2 Å². The zero-order chi connectivity index (χ0) is 32.2. The van der Waals surface area contributed by atoms with E-state index in [1.54, 1.807) is 18.3 Å². The van der Waals surface area contributed by atoms with Gasteiger partial charge in [-0.2, -0.15) is 0 Å². The fourth-order valence-corrected chi connectivity index (χ4v) is 5.75. The zero-order valence-corrected chi connectivity index (χ0v) is 28.1. The minimum atomic E-state index is -0.245. The quantitative estimate of drug-likeness (QED) is 0.307. The summed E-state index contributed by atoms with van der Waals surface area (Å²) in [5, 5.41) is 4.42. The second-order valence-electron chi connectivity index (χ2n) is 11.3. The number of rotatable bonds is 12. The van der Waals surface area contributed by atoms with Gasteiger partial charge in [0.15, 0.2) is 0 Å². The summed E-state index contributed by atoms with van der Waals surface area (Å²) in [5.41, 5.74) is 11.5. The highest BCUT2D eigenvalue weighted by molar-refractivity contribution is 7.11. The Morgan fingerprint density at radius 2 is 1.74 bits per heavy atom. The monoisotopic (exact) mass is 606 g/mol. The second kappa shape index (κ2) is 22.2. The molecule has 5 N–H and O–H groups in total. The molecular weight excluding hydrogens is 548 g/mol. The third-order valence-corrected chi connectivity index (χ3v) is 8.85. The number of hydrogen-bond donors (Lipinski definition) is 3. The standard InChI is InChI=1S/C27H44N4OS.C3H7NO.CH5N.CH2O/c1-7-21(5)24(16-20(4)18-31-14-12-30(6)13-15-31)28-26(32)10-11-27-29-23-9-8-22(19(2)3)17-25(23)33-27;1-2-3(4)5;2*1-2/h8-9,19,21-22,24H,4,7,10-18H2,1-3,5-6H3,(H,28,32);2H2,1H3,(H2,4,5);2H2,1H3;1H2. The number of amides is 2. The van der Waals surface area contributed by atoms with E-state index in [0.29, 0.717) is 30.6 Å². The van der Waals surface area contributed by atoms with Gasteiger partial charge in [0.2, 0.25) is 11.8 Å². The first kappa shape index (κ1) is 39.6. The van der Waals surface area contributed by atoms with Gasteiger partial charge in [0.05, 0.1) is 10.7 Å². The van der Waals surface area contributed by atoms with Crippen molar-refractivity contribution in [2.24, 2.45) is 29.2 Å². The predicted molar refractivity (Wildman–Crippen MR) is 177 cm³/mol. The van der Waals surface area contributed by atoms with E-state index in [9.17, 15) is 9.59 Å². The van der Waals surface area contributed by atoms with Gasteiger partial charge in [0.1, 0.15) is 6.79 Å². The van der Waals surface area contributed by atoms with E-state index in [2.05, 4.69) is 80.1 Å². The summed E-state index contributed by atoms with van der Waals surface area (Å²) in [7, 11) is 3.68. The lowest BCUT2D eigenvalue weighted by Gasteiger charge is -2.33. The number of piperazine rings is 1. The van der Waals surface area contributed by atoms with Crippen molar-refractivity contribution in [1.82, 2.24) is 20.1 Å². The van der Waals surface area contributed by atoms with Crippen LogP contribution < -0.4 is 16.8 Å². The summed E-state index contributed by atoms with van der Waals surface area (Å²) in [4.78, 5) is 41.5. The van der Waals surface area contributed by atoms with Crippen LogP contribution in [0.5, 0.6) is 0 Å². The average molecular weight is 607 g/mol. The van der Waals surface area contributed by atoms with Crippen molar-refractivity contribution >= 4 is 36.0 Å². The topological polar surface area (TPSA) is 135 Å². The van der Waals surface area contributed by atoms with Crippen LogP contribution in [0.25, 0.3) is 6.08 Å². The van der Waals surface area contributed by atoms with E-state index in [0.717, 1.165) is 69.1 Å². The molecule has 10 heteroatoms. The predicted octanol–water partition coefficient (Wildman–Crippen LogP) is 3.91. The number of thiazole rings is 1. The van der Waals surface area contributed by atoms with Gasteiger partial charge in [0, 0.05) is 62.9 Å². The van der Waals surface area contributed by atoms with Gasteiger partial charge in [-0.1, -0.05) is 59.3 Å². The first-order valence-electron chi connectivity index (χ1n) is 15.2. The van der Waals surface area contributed by atoms with Crippen LogP contribution in [-0.4, -0.2) is 86.2 Å². The van der Waals surface area contributed by atoms with Crippen molar-refractivity contribution < 1.29 is 14.4 Å². The minimum Gasteiger partial charge on any atom is -0.370 e. The summed E-state index contributed by atoms with van der Waals surface area (Å²) < 4.78 is 0. The summed E-state index contributed by atoms with van der Waals surface area (Å²) in [5.74, 6) is 1.57. The van der Waals surface area contributed by atoms with E-state index < -0.39 is 0 Å². The molecule has 3 unspecified atom stereocenters. The lowest BCUT2D eigenvalue weighted by molar-refractivity contribution is -0.122. The Morgan fingerprint density at radius 3 is 2.26 bits per heavy atom. The van der Waals surface area contributed by atoms with Crippen molar-refractivity contribution in [3.8, 4) is 0 Å². The van der Waals surface area contributed by atoms with E-state index in [1.165, 1.54) is 17.5 Å². The van der Waals surface area contributed by atoms with Gasteiger partial charge < -0.3 is 26.5 Å². The van der Waals surface area contributed by atoms with E-state index in [-0.39, 0.29) is 17.9 Å². The maximum atomic E-state index is 12.8. The van der Waals surface area contributed by atoms with Crippen LogP contribution in [0.15, 0.2) is 18.2 Å². The summed E-state index contributed by atoms with van der Waals surface area (Å²) in [6.07, 6.45) is 9.14. The molecule has 0 radical (unpaired) electrons. The maximum absolute atomic E-state index is 12.8. The first-order chi connectivity index (χ1) is 20.0. The summed E-state index contributed by atoms with van der Waals surface area (Å²) >= 11 is 1.79. The SMILES string of the molecule is C=C(CC(NC(=O)CCc1nc2c(s1)CC(C(C)C)C=C2)C(C)CC)CN1CCN(C)CC1.C=O.CCC(N)=O.CN. The van der Waals surface area contributed by atoms with E-state index >= 15 is 0 Å². The number of aryl methyl sites for hydroxylation is 1. The molecule has 42 heavy (non-hydrogen) atoms. The minimum absolute atomic E-state index is 0.136. The van der Waals surface area contributed by atoms with Gasteiger partial charge in [0.25, 0.3) is 0 Å². The molecule has 2 heterocycles. The number of hydrogen-bond acceptors (Lipinski definition) is 8. The summed E-state index contributed by atoms with van der Waals surface area (Å²) in [6, 6.07) is 0.154. The molecule has 9 nitrogen and oxygen atoms in total. The average Bonchev–Trinajstić information content (AvgIpc) is 3.41. The molecular formula is C32H58N6O3S. The fraction of sp³-hybridized carbons (Fsp3) is 0.688. The van der Waals surface area contributed by atoms with E-state index in [1.807, 2.05) is 6.79 Å². The third kappa shape index (κ3) is 15.2. The highest BCUT2D eigenvalue weighted by Crippen LogP contribution is 2.31. The molecule has 1 fully saturated rings. The highest BCUT2D eigenvalue weighted by Gasteiger charge is 2.23. The van der Waals surface area contributed by atoms with Crippen molar-refractivity contribution in [3.63, 3.8) is 0 Å². The largest absolute Gasteiger partial charge is 0.370 e. The third-order valence-electron chi connectivity index (χ3n) is 7.69. The molecule has 1 aromatic heterocycles.